The van der Waals surface area contributed by atoms with E-state index in [0.29, 0.717) is 11.1 Å². The molecule has 1 aliphatic rings. The standard InChI is InChI=1S/C15H20N2O4/c1-15(2,3)20-10-16-21-9-8-17-13(18)11-6-4-5-7-12(11)14(17)19/h4-7,16H,8-10H2,1-3H3. The molecule has 2 rings (SSSR count). The predicted molar refractivity (Wildman–Crippen MR) is 76.6 cm³/mol. The number of imide groups is 1. The molecule has 0 atom stereocenters. The zero-order chi connectivity index (χ0) is 15.5. The molecule has 1 N–H and O–H groups in total. The molecule has 0 spiro atoms. The summed E-state index contributed by atoms with van der Waals surface area (Å²) in [4.78, 5) is 30.5. The van der Waals surface area contributed by atoms with Gasteiger partial charge in [0.1, 0.15) is 6.73 Å². The number of nitrogens with zero attached hydrogens (tertiary/aromatic N) is 1. The van der Waals surface area contributed by atoms with Crippen molar-refractivity contribution in [2.24, 2.45) is 0 Å². The zero-order valence-corrected chi connectivity index (χ0v) is 12.5. The molecular formula is C15H20N2O4. The van der Waals surface area contributed by atoms with Crippen molar-refractivity contribution in [3.05, 3.63) is 35.4 Å². The molecule has 6 heteroatoms. The Bertz CT molecular complexity index is 502. The topological polar surface area (TPSA) is 67.9 Å². The van der Waals surface area contributed by atoms with Crippen LogP contribution in [0.25, 0.3) is 0 Å². The Kier molecular flexibility index (Phi) is 4.72. The summed E-state index contributed by atoms with van der Waals surface area (Å²) in [7, 11) is 0. The molecule has 1 aromatic carbocycles. The lowest BCUT2D eigenvalue weighted by Crippen LogP contribution is -2.35. The van der Waals surface area contributed by atoms with Crippen LogP contribution in [0.5, 0.6) is 0 Å². The van der Waals surface area contributed by atoms with E-state index in [-0.39, 0.29) is 37.3 Å². The van der Waals surface area contributed by atoms with E-state index >= 15 is 0 Å². The highest BCUT2D eigenvalue weighted by Crippen LogP contribution is 2.21. The quantitative estimate of drug-likeness (QED) is 0.373. The molecule has 114 valence electrons. The summed E-state index contributed by atoms with van der Waals surface area (Å²) in [6, 6.07) is 6.81. The second-order valence-electron chi connectivity index (χ2n) is 5.70. The normalized spacial score (nSPS) is 14.7. The minimum absolute atomic E-state index is 0.203. The number of carbonyl (C=O) groups excluding carboxylic acids is 2. The summed E-state index contributed by atoms with van der Waals surface area (Å²) in [5.41, 5.74) is 3.30. The van der Waals surface area contributed by atoms with Crippen LogP contribution in [0.2, 0.25) is 0 Å². The Morgan fingerprint density at radius 3 is 2.19 bits per heavy atom. The van der Waals surface area contributed by atoms with Crippen molar-refractivity contribution in [2.75, 3.05) is 19.9 Å². The molecule has 2 amide bonds. The fourth-order valence-corrected chi connectivity index (χ4v) is 1.94. The molecule has 21 heavy (non-hydrogen) atoms. The van der Waals surface area contributed by atoms with Crippen molar-refractivity contribution in [3.8, 4) is 0 Å². The van der Waals surface area contributed by atoms with Crippen LogP contribution >= 0.6 is 0 Å². The Morgan fingerprint density at radius 1 is 1.10 bits per heavy atom. The van der Waals surface area contributed by atoms with Crippen LogP contribution in [0.3, 0.4) is 0 Å². The van der Waals surface area contributed by atoms with Gasteiger partial charge in [-0.05, 0) is 32.9 Å². The van der Waals surface area contributed by atoms with E-state index in [4.69, 9.17) is 9.57 Å². The van der Waals surface area contributed by atoms with E-state index in [0.717, 1.165) is 0 Å². The zero-order valence-electron chi connectivity index (χ0n) is 12.5. The van der Waals surface area contributed by atoms with E-state index < -0.39 is 0 Å². The van der Waals surface area contributed by atoms with Gasteiger partial charge in [-0.25, -0.2) is 0 Å². The fourth-order valence-electron chi connectivity index (χ4n) is 1.94. The Hall–Kier alpha value is -1.76. The maximum atomic E-state index is 12.1. The first kappa shape index (κ1) is 15.6. The van der Waals surface area contributed by atoms with Crippen LogP contribution in [-0.4, -0.2) is 42.2 Å². The number of nitrogens with one attached hydrogen (secondary N) is 1. The second-order valence-corrected chi connectivity index (χ2v) is 5.70. The van der Waals surface area contributed by atoms with Crippen molar-refractivity contribution >= 4 is 11.8 Å². The SMILES string of the molecule is CC(C)(C)OCNOCCN1C(=O)c2ccccc2C1=O. The molecule has 6 nitrogen and oxygen atoms in total. The van der Waals surface area contributed by atoms with Gasteiger partial charge in [-0.2, -0.15) is 5.48 Å². The lowest BCUT2D eigenvalue weighted by molar-refractivity contribution is -0.0859. The number of fused-ring (bicyclic) bond motifs is 1. The number of rotatable bonds is 6. The lowest BCUT2D eigenvalue weighted by Gasteiger charge is -2.20. The van der Waals surface area contributed by atoms with E-state index in [1.165, 1.54) is 4.90 Å². The van der Waals surface area contributed by atoms with Crippen molar-refractivity contribution in [1.82, 2.24) is 10.4 Å². The fraction of sp³-hybridized carbons (Fsp3) is 0.467. The smallest absolute Gasteiger partial charge is 0.261 e. The number of ether oxygens (including phenoxy) is 1. The molecule has 0 unspecified atom stereocenters. The number of hydroxylamine groups is 1. The largest absolute Gasteiger partial charge is 0.359 e. The van der Waals surface area contributed by atoms with Gasteiger partial charge in [0.15, 0.2) is 0 Å². The molecule has 0 aliphatic carbocycles. The van der Waals surface area contributed by atoms with Gasteiger partial charge in [0.05, 0.1) is 29.9 Å². The summed E-state index contributed by atoms with van der Waals surface area (Å²) >= 11 is 0. The molecule has 1 aliphatic heterocycles. The monoisotopic (exact) mass is 292 g/mol. The summed E-state index contributed by atoms with van der Waals surface area (Å²) in [5, 5.41) is 0. The summed E-state index contributed by atoms with van der Waals surface area (Å²) < 4.78 is 5.41. The maximum absolute atomic E-state index is 12.1. The Balaban J connectivity index is 1.76. The van der Waals surface area contributed by atoms with Crippen molar-refractivity contribution in [2.45, 2.75) is 26.4 Å². The Morgan fingerprint density at radius 2 is 1.67 bits per heavy atom. The molecule has 0 bridgehead atoms. The van der Waals surface area contributed by atoms with Gasteiger partial charge in [-0.1, -0.05) is 12.1 Å². The van der Waals surface area contributed by atoms with Crippen molar-refractivity contribution in [1.29, 1.82) is 0 Å². The number of hydrogen-bond acceptors (Lipinski definition) is 5. The van der Waals surface area contributed by atoms with Gasteiger partial charge in [-0.3, -0.25) is 19.3 Å². The average Bonchev–Trinajstić information content (AvgIpc) is 2.66. The van der Waals surface area contributed by atoms with Gasteiger partial charge >= 0.3 is 0 Å². The molecule has 1 heterocycles. The van der Waals surface area contributed by atoms with Gasteiger partial charge in [-0.15, -0.1) is 0 Å². The molecule has 0 saturated carbocycles. The highest BCUT2D eigenvalue weighted by atomic mass is 16.7. The van der Waals surface area contributed by atoms with Crippen LogP contribution in [0, 0.1) is 0 Å². The minimum Gasteiger partial charge on any atom is -0.359 e. The highest BCUT2D eigenvalue weighted by Gasteiger charge is 2.34. The third-order valence-electron chi connectivity index (χ3n) is 2.96. The number of amides is 2. The van der Waals surface area contributed by atoms with E-state index in [9.17, 15) is 9.59 Å². The van der Waals surface area contributed by atoms with Crippen LogP contribution in [0.15, 0.2) is 24.3 Å². The van der Waals surface area contributed by atoms with Gasteiger partial charge in [0.25, 0.3) is 11.8 Å². The number of benzene rings is 1. The number of hydrogen-bond donors (Lipinski definition) is 1. The Labute approximate surface area is 124 Å². The molecule has 0 saturated heterocycles. The third-order valence-corrected chi connectivity index (χ3v) is 2.96. The first-order valence-corrected chi connectivity index (χ1v) is 6.84. The molecule has 0 aromatic heterocycles. The van der Waals surface area contributed by atoms with Gasteiger partial charge in [0, 0.05) is 0 Å². The van der Waals surface area contributed by atoms with Crippen molar-refractivity contribution < 1.29 is 19.2 Å². The predicted octanol–water partition coefficient (Wildman–Crippen LogP) is 1.58. The van der Waals surface area contributed by atoms with Crippen LogP contribution in [0.4, 0.5) is 0 Å². The first-order chi connectivity index (χ1) is 9.90. The summed E-state index contributed by atoms with van der Waals surface area (Å²) in [6.07, 6.45) is 0. The van der Waals surface area contributed by atoms with Crippen LogP contribution in [-0.2, 0) is 9.57 Å². The maximum Gasteiger partial charge on any atom is 0.261 e. The molecule has 1 aromatic rings. The second kappa shape index (κ2) is 6.34. The third kappa shape index (κ3) is 3.87. The first-order valence-electron chi connectivity index (χ1n) is 6.84. The molecule has 0 radical (unpaired) electrons. The van der Waals surface area contributed by atoms with E-state index in [2.05, 4.69) is 5.48 Å². The summed E-state index contributed by atoms with van der Waals surface area (Å²) in [6.45, 7) is 6.47. The number of carbonyl (C=O) groups is 2. The average molecular weight is 292 g/mol. The van der Waals surface area contributed by atoms with Gasteiger partial charge < -0.3 is 4.74 Å². The highest BCUT2D eigenvalue weighted by molar-refractivity contribution is 6.21. The van der Waals surface area contributed by atoms with E-state index in [1.807, 2.05) is 20.8 Å². The van der Waals surface area contributed by atoms with Crippen LogP contribution < -0.4 is 5.48 Å². The van der Waals surface area contributed by atoms with E-state index in [1.54, 1.807) is 24.3 Å². The van der Waals surface area contributed by atoms with Gasteiger partial charge in [0.2, 0.25) is 0 Å². The summed E-state index contributed by atoms with van der Waals surface area (Å²) in [5.74, 6) is -0.546. The minimum atomic E-state index is -0.273. The van der Waals surface area contributed by atoms with Crippen LogP contribution in [0.1, 0.15) is 41.5 Å². The molecule has 0 fully saturated rings. The molecular weight excluding hydrogens is 272 g/mol. The van der Waals surface area contributed by atoms with Crippen molar-refractivity contribution in [3.63, 3.8) is 0 Å². The lowest BCUT2D eigenvalue weighted by atomic mass is 10.1.